The SMILES string of the molecule is CCOc1cc(/C=N\NC(=O)c2cccs2)c(Br)cc1OCc1cccc([N+](=O)[O-])c1. The zero-order chi connectivity index (χ0) is 22.2. The van der Waals surface area contributed by atoms with Crippen molar-refractivity contribution in [2.45, 2.75) is 13.5 Å². The quantitative estimate of drug-likeness (QED) is 0.246. The first kappa shape index (κ1) is 22.4. The number of hydrogen-bond acceptors (Lipinski definition) is 7. The first-order valence-corrected chi connectivity index (χ1v) is 10.8. The van der Waals surface area contributed by atoms with E-state index in [1.54, 1.807) is 36.4 Å². The summed E-state index contributed by atoms with van der Waals surface area (Å²) in [6.07, 6.45) is 1.50. The molecule has 3 rings (SSSR count). The molecule has 0 spiro atoms. The summed E-state index contributed by atoms with van der Waals surface area (Å²) >= 11 is 4.80. The van der Waals surface area contributed by atoms with E-state index in [9.17, 15) is 14.9 Å². The third-order valence-electron chi connectivity index (χ3n) is 3.99. The number of carbonyl (C=O) groups excluding carboxylic acids is 1. The second-order valence-electron chi connectivity index (χ2n) is 6.15. The van der Waals surface area contributed by atoms with Gasteiger partial charge in [-0.25, -0.2) is 5.43 Å². The molecule has 0 bridgehead atoms. The predicted molar refractivity (Wildman–Crippen MR) is 122 cm³/mol. The summed E-state index contributed by atoms with van der Waals surface area (Å²) < 4.78 is 12.2. The highest BCUT2D eigenvalue weighted by Crippen LogP contribution is 2.34. The van der Waals surface area contributed by atoms with Gasteiger partial charge in [-0.15, -0.1) is 11.3 Å². The molecular formula is C21H18BrN3O5S. The molecule has 2 aromatic carbocycles. The van der Waals surface area contributed by atoms with Gasteiger partial charge in [-0.05, 0) is 52.0 Å². The summed E-state index contributed by atoms with van der Waals surface area (Å²) in [5.41, 5.74) is 3.82. The van der Waals surface area contributed by atoms with E-state index in [1.807, 2.05) is 12.3 Å². The van der Waals surface area contributed by atoms with E-state index in [4.69, 9.17) is 9.47 Å². The molecule has 1 heterocycles. The Labute approximate surface area is 190 Å². The second-order valence-corrected chi connectivity index (χ2v) is 7.95. The Morgan fingerprint density at radius 2 is 2.03 bits per heavy atom. The lowest BCUT2D eigenvalue weighted by Gasteiger charge is -2.14. The summed E-state index contributed by atoms with van der Waals surface area (Å²) in [4.78, 5) is 23.0. The zero-order valence-corrected chi connectivity index (χ0v) is 18.8. The van der Waals surface area contributed by atoms with Crippen molar-refractivity contribution in [1.29, 1.82) is 0 Å². The molecule has 10 heteroatoms. The van der Waals surface area contributed by atoms with Crippen LogP contribution >= 0.6 is 27.3 Å². The van der Waals surface area contributed by atoms with Crippen molar-refractivity contribution in [2.75, 3.05) is 6.61 Å². The number of carbonyl (C=O) groups is 1. The summed E-state index contributed by atoms with van der Waals surface area (Å²) in [6, 6.07) is 13.2. The van der Waals surface area contributed by atoms with Crippen LogP contribution in [0.2, 0.25) is 0 Å². The molecule has 1 amide bonds. The number of halogens is 1. The molecule has 1 N–H and O–H groups in total. The van der Waals surface area contributed by atoms with E-state index in [-0.39, 0.29) is 18.2 Å². The van der Waals surface area contributed by atoms with E-state index in [2.05, 4.69) is 26.5 Å². The Morgan fingerprint density at radius 3 is 2.74 bits per heavy atom. The second kappa shape index (κ2) is 10.7. The zero-order valence-electron chi connectivity index (χ0n) is 16.4. The fourth-order valence-corrected chi connectivity index (χ4v) is 3.61. The van der Waals surface area contributed by atoms with Crippen LogP contribution in [0, 0.1) is 10.1 Å². The standard InChI is InChI=1S/C21H18BrN3O5S/c1-2-29-18-10-15(12-23-24-21(26)20-7-4-8-31-20)17(22)11-19(18)30-13-14-5-3-6-16(9-14)25(27)28/h3-12H,2,13H2,1H3,(H,24,26)/b23-12-. The van der Waals surface area contributed by atoms with Crippen LogP contribution in [0.25, 0.3) is 0 Å². The molecule has 0 radical (unpaired) electrons. The van der Waals surface area contributed by atoms with Crippen LogP contribution in [0.1, 0.15) is 27.7 Å². The van der Waals surface area contributed by atoms with Crippen molar-refractivity contribution in [1.82, 2.24) is 5.43 Å². The van der Waals surface area contributed by atoms with Gasteiger partial charge in [-0.3, -0.25) is 14.9 Å². The fourth-order valence-electron chi connectivity index (χ4n) is 2.58. The van der Waals surface area contributed by atoms with Crippen molar-refractivity contribution in [3.8, 4) is 11.5 Å². The Hall–Kier alpha value is -3.24. The minimum Gasteiger partial charge on any atom is -0.490 e. The van der Waals surface area contributed by atoms with Crippen molar-refractivity contribution in [3.63, 3.8) is 0 Å². The minimum absolute atomic E-state index is 0.00321. The largest absolute Gasteiger partial charge is 0.490 e. The molecule has 1 aromatic heterocycles. The number of hydrogen-bond donors (Lipinski definition) is 1. The third kappa shape index (κ3) is 6.12. The normalized spacial score (nSPS) is 10.8. The number of thiophene rings is 1. The number of non-ortho nitro benzene ring substituents is 1. The number of nitro benzene ring substituents is 1. The number of nitrogens with one attached hydrogen (secondary N) is 1. The Bertz CT molecular complexity index is 1100. The highest BCUT2D eigenvalue weighted by Gasteiger charge is 2.12. The predicted octanol–water partition coefficient (Wildman–Crippen LogP) is 5.16. The van der Waals surface area contributed by atoms with Gasteiger partial charge in [-0.2, -0.15) is 5.10 Å². The van der Waals surface area contributed by atoms with Crippen molar-refractivity contribution >= 4 is 45.1 Å². The molecule has 0 fully saturated rings. The summed E-state index contributed by atoms with van der Waals surface area (Å²) in [7, 11) is 0. The van der Waals surface area contributed by atoms with Gasteiger partial charge in [0.05, 0.1) is 22.6 Å². The molecule has 0 saturated carbocycles. The third-order valence-corrected chi connectivity index (χ3v) is 5.55. The van der Waals surface area contributed by atoms with E-state index in [0.717, 1.165) is 0 Å². The van der Waals surface area contributed by atoms with Gasteiger partial charge in [0.2, 0.25) is 0 Å². The highest BCUT2D eigenvalue weighted by molar-refractivity contribution is 9.10. The summed E-state index contributed by atoms with van der Waals surface area (Å²) in [6.45, 7) is 2.40. The molecule has 0 saturated heterocycles. The van der Waals surface area contributed by atoms with Crippen LogP contribution in [0.3, 0.4) is 0 Å². The van der Waals surface area contributed by atoms with E-state index < -0.39 is 4.92 Å². The van der Waals surface area contributed by atoms with Gasteiger partial charge < -0.3 is 9.47 Å². The molecule has 8 nitrogen and oxygen atoms in total. The van der Waals surface area contributed by atoms with E-state index >= 15 is 0 Å². The average Bonchev–Trinajstić information content (AvgIpc) is 3.30. The van der Waals surface area contributed by atoms with Crippen LogP contribution < -0.4 is 14.9 Å². The molecule has 31 heavy (non-hydrogen) atoms. The van der Waals surface area contributed by atoms with Gasteiger partial charge in [0.1, 0.15) is 6.61 Å². The summed E-state index contributed by atoms with van der Waals surface area (Å²) in [5, 5.41) is 16.8. The number of ether oxygens (including phenoxy) is 2. The van der Waals surface area contributed by atoms with Gasteiger partial charge in [0.15, 0.2) is 11.5 Å². The van der Waals surface area contributed by atoms with Gasteiger partial charge in [0.25, 0.3) is 11.6 Å². The monoisotopic (exact) mass is 503 g/mol. The lowest BCUT2D eigenvalue weighted by atomic mass is 10.2. The number of rotatable bonds is 9. The number of nitrogens with zero attached hydrogens (tertiary/aromatic N) is 2. The lowest BCUT2D eigenvalue weighted by molar-refractivity contribution is -0.384. The van der Waals surface area contributed by atoms with Crippen LogP contribution in [0.4, 0.5) is 5.69 Å². The van der Waals surface area contributed by atoms with E-state index in [0.29, 0.717) is 38.6 Å². The molecule has 0 atom stereocenters. The molecule has 0 aliphatic carbocycles. The van der Waals surface area contributed by atoms with Crippen molar-refractivity contribution < 1.29 is 19.2 Å². The lowest BCUT2D eigenvalue weighted by Crippen LogP contribution is -2.16. The van der Waals surface area contributed by atoms with Gasteiger partial charge >= 0.3 is 0 Å². The fraction of sp³-hybridized carbons (Fsp3) is 0.143. The minimum atomic E-state index is -0.447. The first-order valence-electron chi connectivity index (χ1n) is 9.17. The van der Waals surface area contributed by atoms with Crippen LogP contribution in [0.5, 0.6) is 11.5 Å². The van der Waals surface area contributed by atoms with Crippen LogP contribution in [-0.2, 0) is 6.61 Å². The Balaban J connectivity index is 1.73. The Morgan fingerprint density at radius 1 is 1.23 bits per heavy atom. The summed E-state index contributed by atoms with van der Waals surface area (Å²) in [5.74, 6) is 0.673. The molecule has 160 valence electrons. The topological polar surface area (TPSA) is 103 Å². The molecule has 0 unspecified atom stereocenters. The average molecular weight is 504 g/mol. The van der Waals surface area contributed by atoms with Gasteiger partial charge in [-0.1, -0.05) is 18.2 Å². The maximum Gasteiger partial charge on any atom is 0.281 e. The number of amides is 1. The smallest absolute Gasteiger partial charge is 0.281 e. The Kier molecular flexibility index (Phi) is 7.74. The van der Waals surface area contributed by atoms with Crippen molar-refractivity contribution in [2.24, 2.45) is 5.10 Å². The maximum absolute atomic E-state index is 12.0. The molecular weight excluding hydrogens is 486 g/mol. The van der Waals surface area contributed by atoms with Crippen LogP contribution in [-0.4, -0.2) is 23.7 Å². The molecule has 0 aliphatic rings. The first-order chi connectivity index (χ1) is 15.0. The maximum atomic E-state index is 12.0. The molecule has 0 aliphatic heterocycles. The van der Waals surface area contributed by atoms with Gasteiger partial charge in [0, 0.05) is 22.2 Å². The number of nitro groups is 1. The van der Waals surface area contributed by atoms with Crippen LogP contribution in [0.15, 0.2) is 63.5 Å². The van der Waals surface area contributed by atoms with Crippen molar-refractivity contribution in [3.05, 3.63) is 84.5 Å². The van der Waals surface area contributed by atoms with E-state index in [1.165, 1.54) is 29.7 Å². The number of benzene rings is 2. The molecule has 3 aromatic rings. The number of hydrazone groups is 1. The highest BCUT2D eigenvalue weighted by atomic mass is 79.9.